The molecule has 0 spiro atoms. The molecule has 0 radical (unpaired) electrons. The Morgan fingerprint density at radius 1 is 1.30 bits per heavy atom. The molecule has 1 aromatic carbocycles. The lowest BCUT2D eigenvalue weighted by molar-refractivity contribution is 0.266. The van der Waals surface area contributed by atoms with Crippen LogP contribution in [0.5, 0.6) is 0 Å². The molecule has 0 heterocycles. The lowest BCUT2D eigenvalue weighted by Gasteiger charge is -2.21. The van der Waals surface area contributed by atoms with Gasteiger partial charge in [-0.2, -0.15) is 0 Å². The molecule has 0 aliphatic heterocycles. The van der Waals surface area contributed by atoms with E-state index in [9.17, 15) is 0 Å². The zero-order chi connectivity index (χ0) is 14.7. The van der Waals surface area contributed by atoms with E-state index in [4.69, 9.17) is 11.5 Å². The van der Waals surface area contributed by atoms with Crippen LogP contribution in [0.4, 0.5) is 0 Å². The smallest absolute Gasteiger partial charge is 0.185 e. The van der Waals surface area contributed by atoms with Gasteiger partial charge in [0.2, 0.25) is 0 Å². The van der Waals surface area contributed by atoms with Crippen LogP contribution < -0.4 is 11.5 Å². The molecule has 1 aliphatic rings. The molecule has 0 saturated carbocycles. The minimum absolute atomic E-state index is 0.195. The first kappa shape index (κ1) is 14.9. The highest BCUT2D eigenvalue weighted by atomic mass is 15.1. The molecule has 0 amide bonds. The molecule has 1 aliphatic carbocycles. The van der Waals surface area contributed by atoms with E-state index in [2.05, 4.69) is 49.0 Å². The maximum absolute atomic E-state index is 5.41. The van der Waals surface area contributed by atoms with Crippen LogP contribution in [-0.4, -0.2) is 30.5 Å². The molecule has 20 heavy (non-hydrogen) atoms. The largest absolute Gasteiger partial charge is 0.370 e. The lowest BCUT2D eigenvalue weighted by Crippen LogP contribution is -2.25. The summed E-state index contributed by atoms with van der Waals surface area (Å²) in [5.41, 5.74) is 15.1. The number of nitrogens with two attached hydrogens (primary N) is 2. The summed E-state index contributed by atoms with van der Waals surface area (Å²) in [4.78, 5) is 6.50. The fourth-order valence-electron chi connectivity index (χ4n) is 2.70. The number of rotatable bonds is 5. The number of benzene rings is 1. The average molecular weight is 274 g/mol. The SMILES string of the molecule is CC(C)N(C)Cc1ccc2c(c1)C[C@H](CN=C(N)N)C2. The Hall–Kier alpha value is -1.55. The normalized spacial score (nSPS) is 17.6. The number of fused-ring (bicyclic) bond motifs is 1. The van der Waals surface area contributed by atoms with Crippen molar-refractivity contribution in [2.24, 2.45) is 22.4 Å². The third-order valence-electron chi connectivity index (χ3n) is 4.13. The van der Waals surface area contributed by atoms with Crippen LogP contribution in [0.1, 0.15) is 30.5 Å². The minimum Gasteiger partial charge on any atom is -0.370 e. The number of hydrogen-bond acceptors (Lipinski definition) is 2. The minimum atomic E-state index is 0.195. The highest BCUT2D eigenvalue weighted by Gasteiger charge is 2.21. The van der Waals surface area contributed by atoms with Gasteiger partial charge in [0.25, 0.3) is 0 Å². The summed E-state index contributed by atoms with van der Waals surface area (Å²) in [6, 6.07) is 7.44. The highest BCUT2D eigenvalue weighted by molar-refractivity contribution is 5.75. The van der Waals surface area contributed by atoms with Crippen LogP contribution in [0.15, 0.2) is 23.2 Å². The zero-order valence-electron chi connectivity index (χ0n) is 12.8. The van der Waals surface area contributed by atoms with Gasteiger partial charge in [-0.15, -0.1) is 0 Å². The van der Waals surface area contributed by atoms with E-state index in [0.29, 0.717) is 12.0 Å². The molecule has 2 rings (SSSR count). The van der Waals surface area contributed by atoms with E-state index in [0.717, 1.165) is 25.9 Å². The summed E-state index contributed by atoms with van der Waals surface area (Å²) in [6.45, 7) is 6.18. The predicted molar refractivity (Wildman–Crippen MR) is 84.6 cm³/mol. The molecule has 110 valence electrons. The van der Waals surface area contributed by atoms with Gasteiger partial charge in [-0.3, -0.25) is 9.89 Å². The molecular formula is C16H26N4. The van der Waals surface area contributed by atoms with Gasteiger partial charge in [-0.25, -0.2) is 0 Å². The number of guanidine groups is 1. The second-order valence-corrected chi connectivity index (χ2v) is 6.15. The average Bonchev–Trinajstić information content (AvgIpc) is 2.78. The Morgan fingerprint density at radius 2 is 2.00 bits per heavy atom. The summed E-state index contributed by atoms with van der Waals surface area (Å²) in [5, 5.41) is 0. The van der Waals surface area contributed by atoms with Crippen molar-refractivity contribution in [2.45, 2.75) is 39.3 Å². The van der Waals surface area contributed by atoms with Crippen LogP contribution in [0.25, 0.3) is 0 Å². The quantitative estimate of drug-likeness (QED) is 0.632. The van der Waals surface area contributed by atoms with Gasteiger partial charge in [-0.05, 0) is 56.3 Å². The Kier molecular flexibility index (Phi) is 4.65. The molecule has 4 nitrogen and oxygen atoms in total. The highest BCUT2D eigenvalue weighted by Crippen LogP contribution is 2.28. The van der Waals surface area contributed by atoms with Crippen LogP contribution in [-0.2, 0) is 19.4 Å². The standard InChI is InChI=1S/C16H26N4/c1-11(2)20(3)10-12-4-5-14-7-13(8-15(14)6-12)9-19-16(17)18/h4-6,11,13H,7-10H2,1-3H3,(H4,17,18,19)/t13-/m1/s1. The summed E-state index contributed by atoms with van der Waals surface area (Å²) < 4.78 is 0. The number of nitrogens with zero attached hydrogens (tertiary/aromatic N) is 2. The first-order valence-electron chi connectivity index (χ1n) is 7.32. The van der Waals surface area contributed by atoms with Gasteiger partial charge >= 0.3 is 0 Å². The zero-order valence-corrected chi connectivity index (χ0v) is 12.8. The molecule has 0 fully saturated rings. The number of hydrogen-bond donors (Lipinski definition) is 2. The Morgan fingerprint density at radius 3 is 2.65 bits per heavy atom. The first-order valence-corrected chi connectivity index (χ1v) is 7.32. The summed E-state index contributed by atoms with van der Waals surface area (Å²) in [7, 11) is 2.17. The Balaban J connectivity index is 2.01. The third kappa shape index (κ3) is 3.73. The van der Waals surface area contributed by atoms with Crippen molar-refractivity contribution in [3.8, 4) is 0 Å². The topological polar surface area (TPSA) is 67.6 Å². The third-order valence-corrected chi connectivity index (χ3v) is 4.13. The molecule has 0 saturated heterocycles. The van der Waals surface area contributed by atoms with Crippen LogP contribution >= 0.6 is 0 Å². The van der Waals surface area contributed by atoms with Crippen molar-refractivity contribution in [1.29, 1.82) is 0 Å². The van der Waals surface area contributed by atoms with Gasteiger partial charge in [0.05, 0.1) is 0 Å². The maximum Gasteiger partial charge on any atom is 0.185 e. The number of aliphatic imine (C=N–C) groups is 1. The van der Waals surface area contributed by atoms with E-state index in [1.807, 2.05) is 0 Å². The van der Waals surface area contributed by atoms with Crippen molar-refractivity contribution >= 4 is 5.96 Å². The molecule has 0 unspecified atom stereocenters. The fraction of sp³-hybridized carbons (Fsp3) is 0.562. The van der Waals surface area contributed by atoms with Gasteiger partial charge in [-0.1, -0.05) is 18.2 Å². The van der Waals surface area contributed by atoms with Crippen LogP contribution in [0, 0.1) is 5.92 Å². The molecule has 0 bridgehead atoms. The Bertz CT molecular complexity index is 489. The molecule has 4 N–H and O–H groups in total. The fourth-order valence-corrected chi connectivity index (χ4v) is 2.70. The monoisotopic (exact) mass is 274 g/mol. The summed E-state index contributed by atoms with van der Waals surface area (Å²) in [5.74, 6) is 0.741. The van der Waals surface area contributed by atoms with Crippen LogP contribution in [0.3, 0.4) is 0 Å². The van der Waals surface area contributed by atoms with E-state index in [1.165, 1.54) is 16.7 Å². The van der Waals surface area contributed by atoms with Gasteiger partial charge < -0.3 is 11.5 Å². The lowest BCUT2D eigenvalue weighted by atomic mass is 10.1. The van der Waals surface area contributed by atoms with E-state index < -0.39 is 0 Å². The van der Waals surface area contributed by atoms with Gasteiger partial charge in [0, 0.05) is 19.1 Å². The maximum atomic E-state index is 5.41. The second-order valence-electron chi connectivity index (χ2n) is 6.15. The van der Waals surface area contributed by atoms with Gasteiger partial charge in [0.1, 0.15) is 0 Å². The van der Waals surface area contributed by atoms with E-state index in [-0.39, 0.29) is 5.96 Å². The first-order chi connectivity index (χ1) is 9.45. The van der Waals surface area contributed by atoms with E-state index in [1.54, 1.807) is 0 Å². The Labute approximate surface area is 121 Å². The summed E-state index contributed by atoms with van der Waals surface area (Å²) >= 11 is 0. The summed E-state index contributed by atoms with van der Waals surface area (Å²) in [6.07, 6.45) is 2.18. The molecule has 4 heteroatoms. The van der Waals surface area contributed by atoms with Crippen molar-refractivity contribution in [3.05, 3.63) is 34.9 Å². The second kappa shape index (κ2) is 6.27. The van der Waals surface area contributed by atoms with E-state index >= 15 is 0 Å². The molecule has 0 aromatic heterocycles. The van der Waals surface area contributed by atoms with Crippen LogP contribution in [0.2, 0.25) is 0 Å². The van der Waals surface area contributed by atoms with Crippen molar-refractivity contribution in [3.63, 3.8) is 0 Å². The van der Waals surface area contributed by atoms with Crippen molar-refractivity contribution in [1.82, 2.24) is 4.90 Å². The molecule has 1 atom stereocenters. The van der Waals surface area contributed by atoms with Crippen molar-refractivity contribution < 1.29 is 0 Å². The predicted octanol–water partition coefficient (Wildman–Crippen LogP) is 1.52. The van der Waals surface area contributed by atoms with Gasteiger partial charge in [0.15, 0.2) is 5.96 Å². The molecular weight excluding hydrogens is 248 g/mol. The molecule has 1 aromatic rings. The van der Waals surface area contributed by atoms with Crippen molar-refractivity contribution in [2.75, 3.05) is 13.6 Å².